The number of hydrogen-bond acceptors (Lipinski definition) is 4. The van der Waals surface area contributed by atoms with Gasteiger partial charge in [-0.1, -0.05) is 17.7 Å². The number of hydrogen-bond donors (Lipinski definition) is 2. The van der Waals surface area contributed by atoms with Crippen LogP contribution in [0.5, 0.6) is 0 Å². The molecule has 0 saturated carbocycles. The second-order valence-corrected chi connectivity index (χ2v) is 4.53. The molecular weight excluding hydrogens is 305 g/mol. The van der Waals surface area contributed by atoms with Gasteiger partial charge in [0.1, 0.15) is 11.6 Å². The van der Waals surface area contributed by atoms with E-state index >= 15 is 0 Å². The Bertz CT molecular complexity index is 590. The van der Waals surface area contributed by atoms with Gasteiger partial charge in [-0.3, -0.25) is 0 Å². The predicted octanol–water partition coefficient (Wildman–Crippen LogP) is 3.67. The minimum absolute atomic E-state index is 0.0670. The highest BCUT2D eigenvalue weighted by atomic mass is 35.5. The van der Waals surface area contributed by atoms with Crippen LogP contribution in [-0.4, -0.2) is 23.1 Å². The van der Waals surface area contributed by atoms with E-state index in [0.29, 0.717) is 18.9 Å². The summed E-state index contributed by atoms with van der Waals surface area (Å²) in [6.45, 7) is 0.963. The lowest BCUT2D eigenvalue weighted by Crippen LogP contribution is -2.15. The molecular formula is C13H12ClF3N4. The third-order valence-corrected chi connectivity index (χ3v) is 2.85. The lowest BCUT2D eigenvalue weighted by Gasteiger charge is -2.11. The van der Waals surface area contributed by atoms with Crippen molar-refractivity contribution in [3.8, 4) is 0 Å². The number of halogens is 4. The topological polar surface area (TPSA) is 49.8 Å². The maximum atomic E-state index is 12.5. The second-order valence-electron chi connectivity index (χ2n) is 4.12. The molecule has 0 aliphatic carbocycles. The fourth-order valence-electron chi connectivity index (χ4n) is 1.56. The van der Waals surface area contributed by atoms with Gasteiger partial charge in [-0.25, -0.2) is 9.97 Å². The van der Waals surface area contributed by atoms with Gasteiger partial charge < -0.3 is 10.6 Å². The first-order chi connectivity index (χ1) is 9.97. The van der Waals surface area contributed by atoms with E-state index in [1.165, 1.54) is 0 Å². The van der Waals surface area contributed by atoms with Crippen molar-refractivity contribution in [1.29, 1.82) is 0 Å². The number of pyridine rings is 2. The van der Waals surface area contributed by atoms with E-state index in [-0.39, 0.29) is 10.8 Å². The van der Waals surface area contributed by atoms with Crippen molar-refractivity contribution in [1.82, 2.24) is 9.97 Å². The SMILES string of the molecule is FC(F)(F)c1cnc(NCCNc2ccccn2)c(Cl)c1. The zero-order valence-corrected chi connectivity index (χ0v) is 11.5. The van der Waals surface area contributed by atoms with E-state index in [9.17, 15) is 13.2 Å². The van der Waals surface area contributed by atoms with Crippen molar-refractivity contribution in [2.24, 2.45) is 0 Å². The molecule has 0 bridgehead atoms. The van der Waals surface area contributed by atoms with Crippen molar-refractivity contribution in [2.45, 2.75) is 6.18 Å². The minimum atomic E-state index is -4.45. The van der Waals surface area contributed by atoms with Gasteiger partial charge in [-0.05, 0) is 18.2 Å². The summed E-state index contributed by atoms with van der Waals surface area (Å²) >= 11 is 5.77. The van der Waals surface area contributed by atoms with Gasteiger partial charge in [-0.15, -0.1) is 0 Å². The molecule has 0 unspecified atom stereocenters. The van der Waals surface area contributed by atoms with Crippen molar-refractivity contribution in [2.75, 3.05) is 23.7 Å². The number of alkyl halides is 3. The van der Waals surface area contributed by atoms with Crippen LogP contribution in [0.25, 0.3) is 0 Å². The Morgan fingerprint density at radius 2 is 1.86 bits per heavy atom. The summed E-state index contributed by atoms with van der Waals surface area (Å²) in [7, 11) is 0. The van der Waals surface area contributed by atoms with E-state index in [1.54, 1.807) is 12.3 Å². The first kappa shape index (κ1) is 15.4. The van der Waals surface area contributed by atoms with E-state index in [4.69, 9.17) is 11.6 Å². The standard InChI is InChI=1S/C13H12ClF3N4/c14-10-7-9(13(15,16)17)8-21-12(10)20-6-5-19-11-3-1-2-4-18-11/h1-4,7-8H,5-6H2,(H,18,19)(H,20,21). The smallest absolute Gasteiger partial charge is 0.368 e. The summed E-state index contributed by atoms with van der Waals surface area (Å²) in [4.78, 5) is 7.76. The molecule has 2 aromatic heterocycles. The molecule has 0 saturated heterocycles. The maximum absolute atomic E-state index is 12.5. The minimum Gasteiger partial charge on any atom is -0.368 e. The van der Waals surface area contributed by atoms with E-state index in [0.717, 1.165) is 12.3 Å². The van der Waals surface area contributed by atoms with Crippen molar-refractivity contribution in [3.63, 3.8) is 0 Å². The molecule has 2 N–H and O–H groups in total. The number of aromatic nitrogens is 2. The highest BCUT2D eigenvalue weighted by molar-refractivity contribution is 6.32. The monoisotopic (exact) mass is 316 g/mol. The molecule has 0 aliphatic rings. The Labute approximate surface area is 124 Å². The van der Waals surface area contributed by atoms with Crippen molar-refractivity contribution < 1.29 is 13.2 Å². The molecule has 0 fully saturated rings. The Morgan fingerprint density at radius 3 is 2.48 bits per heavy atom. The van der Waals surface area contributed by atoms with Crippen molar-refractivity contribution >= 4 is 23.2 Å². The highest BCUT2D eigenvalue weighted by Gasteiger charge is 2.31. The van der Waals surface area contributed by atoms with Crippen LogP contribution in [0, 0.1) is 0 Å². The van der Waals surface area contributed by atoms with E-state index < -0.39 is 11.7 Å². The molecule has 0 aromatic carbocycles. The average molecular weight is 317 g/mol. The van der Waals surface area contributed by atoms with E-state index in [2.05, 4.69) is 20.6 Å². The Morgan fingerprint density at radius 1 is 1.10 bits per heavy atom. The summed E-state index contributed by atoms with van der Waals surface area (Å²) in [6, 6.07) is 6.30. The summed E-state index contributed by atoms with van der Waals surface area (Å²) in [5, 5.41) is 5.84. The lowest BCUT2D eigenvalue weighted by molar-refractivity contribution is -0.137. The number of anilines is 2. The van der Waals surface area contributed by atoms with Gasteiger partial charge in [0.25, 0.3) is 0 Å². The molecule has 0 spiro atoms. The molecule has 2 heterocycles. The Kier molecular flexibility index (Phi) is 4.85. The molecule has 8 heteroatoms. The van der Waals surface area contributed by atoms with Crippen molar-refractivity contribution in [3.05, 3.63) is 47.2 Å². The van der Waals surface area contributed by atoms with Crippen LogP contribution in [0.1, 0.15) is 5.56 Å². The van der Waals surface area contributed by atoms with Crippen LogP contribution in [0.3, 0.4) is 0 Å². The normalized spacial score (nSPS) is 11.2. The van der Waals surface area contributed by atoms with Crippen LogP contribution in [0.15, 0.2) is 36.7 Å². The number of nitrogens with one attached hydrogen (secondary N) is 2. The third-order valence-electron chi connectivity index (χ3n) is 2.56. The first-order valence-electron chi connectivity index (χ1n) is 6.08. The predicted molar refractivity (Wildman–Crippen MR) is 75.5 cm³/mol. The zero-order valence-electron chi connectivity index (χ0n) is 10.8. The fourth-order valence-corrected chi connectivity index (χ4v) is 1.79. The quantitative estimate of drug-likeness (QED) is 0.826. The summed E-state index contributed by atoms with van der Waals surface area (Å²) < 4.78 is 37.4. The largest absolute Gasteiger partial charge is 0.417 e. The van der Waals surface area contributed by atoms with E-state index in [1.807, 2.05) is 12.1 Å². The summed E-state index contributed by atoms with van der Waals surface area (Å²) in [6.07, 6.45) is -2.04. The highest BCUT2D eigenvalue weighted by Crippen LogP contribution is 2.32. The second kappa shape index (κ2) is 6.62. The maximum Gasteiger partial charge on any atom is 0.417 e. The average Bonchev–Trinajstić information content (AvgIpc) is 2.45. The van der Waals surface area contributed by atoms with Crippen LogP contribution < -0.4 is 10.6 Å². The molecule has 0 aliphatic heterocycles. The summed E-state index contributed by atoms with van der Waals surface area (Å²) in [5.74, 6) is 0.929. The van der Waals surface area contributed by atoms with Crippen LogP contribution in [0.4, 0.5) is 24.8 Å². The Balaban J connectivity index is 1.86. The number of rotatable bonds is 5. The molecule has 21 heavy (non-hydrogen) atoms. The van der Waals surface area contributed by atoms with Gasteiger partial charge in [0.2, 0.25) is 0 Å². The Hall–Kier alpha value is -2.02. The van der Waals surface area contributed by atoms with Gasteiger partial charge in [0.05, 0.1) is 10.6 Å². The van der Waals surface area contributed by atoms with Gasteiger partial charge in [0.15, 0.2) is 0 Å². The first-order valence-corrected chi connectivity index (χ1v) is 6.46. The molecule has 0 radical (unpaired) electrons. The molecule has 0 atom stereocenters. The van der Waals surface area contributed by atoms with Gasteiger partial charge >= 0.3 is 6.18 Å². The molecule has 2 rings (SSSR count). The molecule has 112 valence electrons. The van der Waals surface area contributed by atoms with Crippen LogP contribution >= 0.6 is 11.6 Å². The van der Waals surface area contributed by atoms with Crippen LogP contribution in [0.2, 0.25) is 5.02 Å². The lowest BCUT2D eigenvalue weighted by atomic mass is 10.3. The third kappa shape index (κ3) is 4.49. The number of nitrogens with zero attached hydrogens (tertiary/aromatic N) is 2. The van der Waals surface area contributed by atoms with Gasteiger partial charge in [0, 0.05) is 25.5 Å². The summed E-state index contributed by atoms with van der Waals surface area (Å²) in [5.41, 5.74) is -0.871. The zero-order chi connectivity index (χ0) is 15.3. The molecule has 0 amide bonds. The van der Waals surface area contributed by atoms with Gasteiger partial charge in [-0.2, -0.15) is 13.2 Å². The van der Waals surface area contributed by atoms with Crippen LogP contribution in [-0.2, 0) is 6.18 Å². The molecule has 2 aromatic rings. The molecule has 4 nitrogen and oxygen atoms in total. The fraction of sp³-hybridized carbons (Fsp3) is 0.231.